The van der Waals surface area contributed by atoms with Crippen molar-refractivity contribution in [3.63, 3.8) is 0 Å². The standard InChI is InChI=1S/C11H11FN6S2/c1-3-18-9(12)7(6-15-18)5-14-16-10-8(4-13)11(19-2)17-20-10/h5-6,16H,3H2,1-2H3/b14-5-. The van der Waals surface area contributed by atoms with Gasteiger partial charge in [0.1, 0.15) is 21.7 Å². The molecule has 2 aromatic rings. The molecular weight excluding hydrogens is 299 g/mol. The summed E-state index contributed by atoms with van der Waals surface area (Å²) in [7, 11) is 0. The maximum Gasteiger partial charge on any atom is 0.220 e. The number of aromatic nitrogens is 3. The van der Waals surface area contributed by atoms with Crippen LogP contribution in [0.15, 0.2) is 16.3 Å². The molecule has 0 aromatic carbocycles. The van der Waals surface area contributed by atoms with Gasteiger partial charge >= 0.3 is 0 Å². The minimum atomic E-state index is -0.437. The maximum atomic E-state index is 13.7. The van der Waals surface area contributed by atoms with E-state index in [1.165, 1.54) is 28.9 Å². The number of anilines is 1. The number of hydrogen-bond acceptors (Lipinski definition) is 7. The lowest BCUT2D eigenvalue weighted by Crippen LogP contribution is -2.00. The first-order valence-corrected chi connectivity index (χ1v) is 7.65. The molecule has 2 aromatic heterocycles. The Labute approximate surface area is 123 Å². The zero-order valence-electron chi connectivity index (χ0n) is 10.8. The average Bonchev–Trinajstić information content (AvgIpc) is 3.02. The quantitative estimate of drug-likeness (QED) is 0.521. The van der Waals surface area contributed by atoms with Gasteiger partial charge in [-0.15, -0.1) is 11.8 Å². The van der Waals surface area contributed by atoms with Crippen molar-refractivity contribution in [3.05, 3.63) is 23.3 Å². The molecule has 1 N–H and O–H groups in total. The van der Waals surface area contributed by atoms with Gasteiger partial charge in [-0.1, -0.05) is 0 Å². The zero-order chi connectivity index (χ0) is 14.5. The summed E-state index contributed by atoms with van der Waals surface area (Å²) in [6.07, 6.45) is 4.57. The van der Waals surface area contributed by atoms with E-state index >= 15 is 0 Å². The molecule has 2 heterocycles. The highest BCUT2D eigenvalue weighted by Gasteiger charge is 2.12. The highest BCUT2D eigenvalue weighted by atomic mass is 32.2. The molecule has 2 rings (SSSR count). The molecule has 104 valence electrons. The first kappa shape index (κ1) is 14.5. The Morgan fingerprint density at radius 3 is 3.10 bits per heavy atom. The van der Waals surface area contributed by atoms with Gasteiger partial charge in [-0.05, 0) is 24.7 Å². The van der Waals surface area contributed by atoms with Crippen molar-refractivity contribution in [2.45, 2.75) is 18.5 Å². The first-order valence-electron chi connectivity index (χ1n) is 5.65. The molecule has 20 heavy (non-hydrogen) atoms. The van der Waals surface area contributed by atoms with Gasteiger partial charge in [0.2, 0.25) is 5.95 Å². The summed E-state index contributed by atoms with van der Waals surface area (Å²) in [6, 6.07) is 2.07. The molecule has 0 saturated heterocycles. The summed E-state index contributed by atoms with van der Waals surface area (Å²) in [5, 5.41) is 18.0. The Morgan fingerprint density at radius 1 is 1.70 bits per heavy atom. The van der Waals surface area contributed by atoms with Crippen LogP contribution in [0.25, 0.3) is 0 Å². The van der Waals surface area contributed by atoms with E-state index in [1.54, 1.807) is 6.92 Å². The van der Waals surface area contributed by atoms with Gasteiger partial charge in [0.25, 0.3) is 0 Å². The Morgan fingerprint density at radius 2 is 2.50 bits per heavy atom. The van der Waals surface area contributed by atoms with Crippen molar-refractivity contribution < 1.29 is 4.39 Å². The van der Waals surface area contributed by atoms with Gasteiger partial charge < -0.3 is 0 Å². The summed E-state index contributed by atoms with van der Waals surface area (Å²) in [4.78, 5) is 0. The summed E-state index contributed by atoms with van der Waals surface area (Å²) in [6.45, 7) is 2.26. The summed E-state index contributed by atoms with van der Waals surface area (Å²) in [5.41, 5.74) is 3.44. The summed E-state index contributed by atoms with van der Waals surface area (Å²) >= 11 is 2.53. The molecule has 0 aliphatic heterocycles. The lowest BCUT2D eigenvalue weighted by molar-refractivity contribution is 0.470. The van der Waals surface area contributed by atoms with Gasteiger partial charge in [0, 0.05) is 6.54 Å². The second-order valence-corrected chi connectivity index (χ2v) is 5.15. The van der Waals surface area contributed by atoms with Crippen molar-refractivity contribution >= 4 is 34.5 Å². The van der Waals surface area contributed by atoms with Crippen LogP contribution < -0.4 is 5.43 Å². The van der Waals surface area contributed by atoms with Crippen molar-refractivity contribution in [2.75, 3.05) is 11.7 Å². The Balaban J connectivity index is 2.12. The van der Waals surface area contributed by atoms with E-state index in [1.807, 2.05) is 6.26 Å². The molecule has 0 amide bonds. The number of thioether (sulfide) groups is 1. The highest BCUT2D eigenvalue weighted by Crippen LogP contribution is 2.29. The molecule has 0 saturated carbocycles. The second-order valence-electron chi connectivity index (χ2n) is 3.58. The van der Waals surface area contributed by atoms with E-state index in [9.17, 15) is 4.39 Å². The number of nitriles is 1. The molecule has 0 bridgehead atoms. The third-order valence-corrected chi connectivity index (χ3v) is 3.99. The number of hydrazone groups is 1. The van der Waals surface area contributed by atoms with Crippen molar-refractivity contribution in [1.29, 1.82) is 5.26 Å². The number of halogens is 1. The second kappa shape index (κ2) is 6.49. The molecule has 0 spiro atoms. The van der Waals surface area contributed by atoms with Crippen LogP contribution in [0, 0.1) is 17.3 Å². The predicted octanol–water partition coefficient (Wildman–Crippen LogP) is 2.54. The summed E-state index contributed by atoms with van der Waals surface area (Å²) < 4.78 is 19.0. The molecule has 0 aliphatic carbocycles. The normalized spacial score (nSPS) is 10.9. The Bertz CT molecular complexity index is 669. The maximum absolute atomic E-state index is 13.7. The van der Waals surface area contributed by atoms with Crippen molar-refractivity contribution in [3.8, 4) is 6.07 Å². The smallest absolute Gasteiger partial charge is 0.220 e. The molecule has 0 radical (unpaired) electrons. The minimum absolute atomic E-state index is 0.285. The van der Waals surface area contributed by atoms with Crippen LogP contribution in [0.5, 0.6) is 0 Å². The van der Waals surface area contributed by atoms with Crippen LogP contribution in [0.2, 0.25) is 0 Å². The number of nitrogens with one attached hydrogen (secondary N) is 1. The topological polar surface area (TPSA) is 78.9 Å². The van der Waals surface area contributed by atoms with E-state index in [4.69, 9.17) is 5.26 Å². The largest absolute Gasteiger partial charge is 0.266 e. The van der Waals surface area contributed by atoms with E-state index in [0.29, 0.717) is 22.1 Å². The first-order chi connectivity index (χ1) is 9.71. The molecule has 0 fully saturated rings. The van der Waals surface area contributed by atoms with E-state index in [2.05, 4.69) is 26.1 Å². The number of rotatable bonds is 5. The van der Waals surface area contributed by atoms with E-state index in [-0.39, 0.29) is 5.56 Å². The fourth-order valence-corrected chi connectivity index (χ4v) is 2.86. The van der Waals surface area contributed by atoms with Crippen LogP contribution in [0.3, 0.4) is 0 Å². The van der Waals surface area contributed by atoms with Gasteiger partial charge in [-0.2, -0.15) is 24.2 Å². The molecular formula is C11H11FN6S2. The number of hydrogen-bond donors (Lipinski definition) is 1. The Kier molecular flexibility index (Phi) is 4.70. The molecule has 0 aliphatic rings. The van der Waals surface area contributed by atoms with Gasteiger partial charge in [0.05, 0.1) is 18.0 Å². The summed E-state index contributed by atoms with van der Waals surface area (Å²) in [5.74, 6) is -0.437. The van der Waals surface area contributed by atoms with Crippen LogP contribution in [0.1, 0.15) is 18.1 Å². The van der Waals surface area contributed by atoms with Crippen LogP contribution >= 0.6 is 23.3 Å². The van der Waals surface area contributed by atoms with Gasteiger partial charge in [-0.25, -0.2) is 4.68 Å². The van der Waals surface area contributed by atoms with Crippen molar-refractivity contribution in [2.24, 2.45) is 5.10 Å². The average molecular weight is 310 g/mol. The predicted molar refractivity (Wildman–Crippen MR) is 77.7 cm³/mol. The van der Waals surface area contributed by atoms with E-state index < -0.39 is 5.95 Å². The lowest BCUT2D eigenvalue weighted by Gasteiger charge is -1.96. The number of nitrogens with zero attached hydrogens (tertiary/aromatic N) is 5. The minimum Gasteiger partial charge on any atom is -0.266 e. The van der Waals surface area contributed by atoms with Crippen LogP contribution in [-0.4, -0.2) is 26.6 Å². The molecule has 9 heteroatoms. The highest BCUT2D eigenvalue weighted by molar-refractivity contribution is 7.98. The lowest BCUT2D eigenvalue weighted by atomic mass is 10.4. The van der Waals surface area contributed by atoms with Gasteiger partial charge in [0.15, 0.2) is 0 Å². The third kappa shape index (κ3) is 2.81. The Hall–Kier alpha value is -1.92. The van der Waals surface area contributed by atoms with Crippen molar-refractivity contribution in [1.82, 2.24) is 14.2 Å². The van der Waals surface area contributed by atoms with Crippen LogP contribution in [0.4, 0.5) is 9.39 Å². The van der Waals surface area contributed by atoms with Gasteiger partial charge in [-0.3, -0.25) is 5.43 Å². The zero-order valence-corrected chi connectivity index (χ0v) is 12.4. The molecule has 0 unspecified atom stereocenters. The molecule has 6 nitrogen and oxygen atoms in total. The third-order valence-electron chi connectivity index (χ3n) is 2.44. The fourth-order valence-electron chi connectivity index (χ4n) is 1.44. The number of aryl methyl sites for hydroxylation is 1. The van der Waals surface area contributed by atoms with Crippen LogP contribution in [-0.2, 0) is 6.54 Å². The monoisotopic (exact) mass is 310 g/mol. The fraction of sp³-hybridized carbons (Fsp3) is 0.273. The molecule has 0 atom stereocenters. The SMILES string of the molecule is CCn1ncc(/C=N\Nc2snc(SC)c2C#N)c1F. The van der Waals surface area contributed by atoms with E-state index in [0.717, 1.165) is 11.5 Å².